The number of aryl methyl sites for hydroxylation is 2. The van der Waals surface area contributed by atoms with Gasteiger partial charge in [0.05, 0.1) is 5.69 Å². The molecule has 0 saturated carbocycles. The average Bonchev–Trinajstić information content (AvgIpc) is 2.57. The molecule has 17 heavy (non-hydrogen) atoms. The van der Waals surface area contributed by atoms with Crippen molar-refractivity contribution in [2.75, 3.05) is 25.1 Å². The lowest BCUT2D eigenvalue weighted by Crippen LogP contribution is -2.16. The summed E-state index contributed by atoms with van der Waals surface area (Å²) in [7, 11) is 0. The molecule has 3 nitrogen and oxygen atoms in total. The molecule has 4 heteroatoms. The number of aromatic nitrogens is 2. The van der Waals surface area contributed by atoms with Crippen molar-refractivity contribution in [3.8, 4) is 0 Å². The van der Waals surface area contributed by atoms with Crippen LogP contribution in [-0.4, -0.2) is 34.9 Å². The largest absolute Gasteiger partial charge is 0.317 e. The van der Waals surface area contributed by atoms with Crippen LogP contribution in [0.4, 0.5) is 0 Å². The SMILES string of the molecule is CCNCCc1c(C)nn(CCCSC)c1C. The lowest BCUT2D eigenvalue weighted by atomic mass is 10.1. The Morgan fingerprint density at radius 3 is 2.76 bits per heavy atom. The van der Waals surface area contributed by atoms with E-state index in [0.29, 0.717) is 0 Å². The number of hydrogen-bond donors (Lipinski definition) is 1. The van der Waals surface area contributed by atoms with Gasteiger partial charge in [-0.3, -0.25) is 4.68 Å². The number of rotatable bonds is 8. The molecular weight excluding hydrogens is 230 g/mol. The Bertz CT molecular complexity index is 334. The molecule has 0 aliphatic heterocycles. The van der Waals surface area contributed by atoms with Gasteiger partial charge in [0, 0.05) is 12.2 Å². The lowest BCUT2D eigenvalue weighted by molar-refractivity contribution is 0.585. The van der Waals surface area contributed by atoms with Crippen LogP contribution in [0.15, 0.2) is 0 Å². The number of likely N-dealkylation sites (N-methyl/N-ethyl adjacent to an activating group) is 1. The molecule has 1 N–H and O–H groups in total. The summed E-state index contributed by atoms with van der Waals surface area (Å²) in [5, 5.41) is 8.01. The van der Waals surface area contributed by atoms with Crippen molar-refractivity contribution < 1.29 is 0 Å². The molecule has 0 bridgehead atoms. The van der Waals surface area contributed by atoms with Crippen molar-refractivity contribution in [3.63, 3.8) is 0 Å². The third-order valence-electron chi connectivity index (χ3n) is 3.05. The molecule has 98 valence electrons. The minimum absolute atomic E-state index is 1.04. The number of thioether (sulfide) groups is 1. The Morgan fingerprint density at radius 2 is 2.12 bits per heavy atom. The van der Waals surface area contributed by atoms with E-state index in [-0.39, 0.29) is 0 Å². The summed E-state index contributed by atoms with van der Waals surface area (Å²) < 4.78 is 2.17. The predicted molar refractivity (Wildman–Crippen MR) is 76.9 cm³/mol. The molecule has 0 radical (unpaired) electrons. The minimum atomic E-state index is 1.04. The highest BCUT2D eigenvalue weighted by Crippen LogP contribution is 2.14. The van der Waals surface area contributed by atoms with Gasteiger partial charge < -0.3 is 5.32 Å². The molecule has 0 fully saturated rings. The molecule has 0 unspecified atom stereocenters. The van der Waals surface area contributed by atoms with Crippen molar-refractivity contribution in [1.82, 2.24) is 15.1 Å². The van der Waals surface area contributed by atoms with Crippen LogP contribution in [-0.2, 0) is 13.0 Å². The lowest BCUT2D eigenvalue weighted by Gasteiger charge is -2.05. The Morgan fingerprint density at radius 1 is 1.35 bits per heavy atom. The highest BCUT2D eigenvalue weighted by atomic mass is 32.2. The van der Waals surface area contributed by atoms with Crippen molar-refractivity contribution in [1.29, 1.82) is 0 Å². The molecule has 0 aliphatic rings. The quantitative estimate of drug-likeness (QED) is 0.724. The summed E-state index contributed by atoms with van der Waals surface area (Å²) in [6, 6.07) is 0. The van der Waals surface area contributed by atoms with Crippen molar-refractivity contribution in [2.45, 2.75) is 40.2 Å². The summed E-state index contributed by atoms with van der Waals surface area (Å²) in [6.07, 6.45) is 4.45. The van der Waals surface area contributed by atoms with Crippen molar-refractivity contribution in [3.05, 3.63) is 17.0 Å². The Hall–Kier alpha value is -0.480. The Balaban J connectivity index is 2.58. The van der Waals surface area contributed by atoms with Crippen LogP contribution in [0, 0.1) is 13.8 Å². The second-order valence-electron chi connectivity index (χ2n) is 4.32. The zero-order valence-corrected chi connectivity index (χ0v) is 12.4. The van der Waals surface area contributed by atoms with Crippen molar-refractivity contribution >= 4 is 11.8 Å². The van der Waals surface area contributed by atoms with E-state index in [0.717, 1.165) is 26.1 Å². The fraction of sp³-hybridized carbons (Fsp3) is 0.769. The van der Waals surface area contributed by atoms with Crippen LogP contribution >= 0.6 is 11.8 Å². The highest BCUT2D eigenvalue weighted by Gasteiger charge is 2.10. The normalized spacial score (nSPS) is 11.1. The van der Waals surface area contributed by atoms with E-state index in [1.54, 1.807) is 0 Å². The van der Waals surface area contributed by atoms with Gasteiger partial charge in [-0.15, -0.1) is 0 Å². The fourth-order valence-corrected chi connectivity index (χ4v) is 2.48. The smallest absolute Gasteiger partial charge is 0.0628 e. The first kappa shape index (κ1) is 14.6. The van der Waals surface area contributed by atoms with Crippen LogP contribution in [0.3, 0.4) is 0 Å². The molecular formula is C13H25N3S. The van der Waals surface area contributed by atoms with E-state index in [1.807, 2.05) is 11.8 Å². The second-order valence-corrected chi connectivity index (χ2v) is 5.31. The number of hydrogen-bond acceptors (Lipinski definition) is 3. The van der Waals surface area contributed by atoms with E-state index < -0.39 is 0 Å². The third kappa shape index (κ3) is 4.36. The summed E-state index contributed by atoms with van der Waals surface area (Å²) in [5.41, 5.74) is 3.97. The van der Waals surface area contributed by atoms with Gasteiger partial charge >= 0.3 is 0 Å². The Labute approximate surface area is 109 Å². The highest BCUT2D eigenvalue weighted by molar-refractivity contribution is 7.98. The van der Waals surface area contributed by atoms with Gasteiger partial charge in [-0.2, -0.15) is 16.9 Å². The molecule has 0 aliphatic carbocycles. The van der Waals surface area contributed by atoms with Gasteiger partial charge in [-0.1, -0.05) is 6.92 Å². The van der Waals surface area contributed by atoms with Gasteiger partial charge in [0.1, 0.15) is 0 Å². The van der Waals surface area contributed by atoms with Gasteiger partial charge in [0.2, 0.25) is 0 Å². The van der Waals surface area contributed by atoms with Crippen LogP contribution < -0.4 is 5.32 Å². The fourth-order valence-electron chi connectivity index (χ4n) is 2.06. The summed E-state index contributed by atoms with van der Waals surface area (Å²) in [6.45, 7) is 9.61. The van der Waals surface area contributed by atoms with Gasteiger partial charge in [0.15, 0.2) is 0 Å². The molecule has 0 amide bonds. The average molecular weight is 255 g/mol. The molecule has 0 saturated heterocycles. The van der Waals surface area contributed by atoms with E-state index >= 15 is 0 Å². The zero-order valence-electron chi connectivity index (χ0n) is 11.5. The molecule has 1 rings (SSSR count). The molecule has 0 spiro atoms. The first-order valence-electron chi connectivity index (χ1n) is 6.43. The first-order chi connectivity index (χ1) is 8.20. The summed E-state index contributed by atoms with van der Waals surface area (Å²) in [4.78, 5) is 0. The predicted octanol–water partition coefficient (Wildman–Crippen LogP) is 2.41. The second kappa shape index (κ2) is 7.77. The van der Waals surface area contributed by atoms with Crippen LogP contribution in [0.25, 0.3) is 0 Å². The maximum atomic E-state index is 4.64. The van der Waals surface area contributed by atoms with E-state index in [9.17, 15) is 0 Å². The standard InChI is InChI=1S/C13H25N3S/c1-5-14-8-7-13-11(2)15-16(12(13)3)9-6-10-17-4/h14H,5-10H2,1-4H3. The van der Waals surface area contributed by atoms with Gasteiger partial charge in [0.25, 0.3) is 0 Å². The molecule has 1 heterocycles. The monoisotopic (exact) mass is 255 g/mol. The third-order valence-corrected chi connectivity index (χ3v) is 3.75. The maximum absolute atomic E-state index is 4.64. The minimum Gasteiger partial charge on any atom is -0.317 e. The van der Waals surface area contributed by atoms with Gasteiger partial charge in [-0.25, -0.2) is 0 Å². The van der Waals surface area contributed by atoms with Crippen LogP contribution in [0.1, 0.15) is 30.3 Å². The first-order valence-corrected chi connectivity index (χ1v) is 7.82. The number of nitrogens with one attached hydrogen (secondary N) is 1. The molecule has 1 aromatic heterocycles. The topological polar surface area (TPSA) is 29.9 Å². The van der Waals surface area contributed by atoms with Gasteiger partial charge in [-0.05, 0) is 57.4 Å². The summed E-state index contributed by atoms with van der Waals surface area (Å²) >= 11 is 1.90. The van der Waals surface area contributed by atoms with Crippen LogP contribution in [0.2, 0.25) is 0 Å². The molecule has 1 aromatic rings. The molecule has 0 aromatic carbocycles. The van der Waals surface area contributed by atoms with Crippen molar-refractivity contribution in [2.24, 2.45) is 0 Å². The van der Waals surface area contributed by atoms with Crippen LogP contribution in [0.5, 0.6) is 0 Å². The zero-order chi connectivity index (χ0) is 12.7. The Kier molecular flexibility index (Phi) is 6.66. The van der Waals surface area contributed by atoms with E-state index in [4.69, 9.17) is 0 Å². The van der Waals surface area contributed by atoms with E-state index in [1.165, 1.54) is 29.1 Å². The maximum Gasteiger partial charge on any atom is 0.0628 e. The molecule has 0 atom stereocenters. The number of nitrogens with zero attached hydrogens (tertiary/aromatic N) is 2. The summed E-state index contributed by atoms with van der Waals surface area (Å²) in [5.74, 6) is 1.21. The van der Waals surface area contributed by atoms with E-state index in [2.05, 4.69) is 42.1 Å².